The number of aryl methyl sites for hydroxylation is 1. The summed E-state index contributed by atoms with van der Waals surface area (Å²) in [6.45, 7) is 1.75. The number of carbonyl (C=O) groups excluding carboxylic acids is 1. The normalized spacial score (nSPS) is 11.0. The van der Waals surface area contributed by atoms with E-state index in [1.165, 1.54) is 6.07 Å². The van der Waals surface area contributed by atoms with Crippen LogP contribution in [0.25, 0.3) is 0 Å². The van der Waals surface area contributed by atoms with Gasteiger partial charge in [0.1, 0.15) is 9.96 Å². The number of carbonyl (C=O) groups is 1. The molecule has 3 rings (SSSR count). The topological polar surface area (TPSA) is 84.5 Å². The third-order valence-corrected chi connectivity index (χ3v) is 6.33. The molecule has 6 nitrogen and oxygen atoms in total. The SMILES string of the molecule is Cc1cccc(OCC(=O)Nc2ccccc2NS(=O)(=O)c2cccs2)c1. The number of benzene rings is 2. The van der Waals surface area contributed by atoms with Crippen molar-refractivity contribution in [2.75, 3.05) is 16.6 Å². The van der Waals surface area contributed by atoms with Gasteiger partial charge in [-0.05, 0) is 48.2 Å². The standard InChI is InChI=1S/C19H18N2O4S2/c1-14-6-4-7-15(12-14)25-13-18(22)20-16-8-2-3-9-17(16)21-27(23,24)19-10-5-11-26-19/h2-12,21H,13H2,1H3,(H,20,22). The Morgan fingerprint density at radius 2 is 1.81 bits per heavy atom. The van der Waals surface area contributed by atoms with Crippen molar-refractivity contribution in [3.8, 4) is 5.75 Å². The second kappa shape index (κ2) is 8.24. The van der Waals surface area contributed by atoms with Gasteiger partial charge in [-0.3, -0.25) is 9.52 Å². The van der Waals surface area contributed by atoms with Crippen LogP contribution in [0.3, 0.4) is 0 Å². The van der Waals surface area contributed by atoms with Gasteiger partial charge in [-0.2, -0.15) is 0 Å². The smallest absolute Gasteiger partial charge is 0.271 e. The molecule has 1 heterocycles. The molecule has 2 aromatic carbocycles. The van der Waals surface area contributed by atoms with Crippen LogP contribution < -0.4 is 14.8 Å². The molecule has 0 bridgehead atoms. The summed E-state index contributed by atoms with van der Waals surface area (Å²) in [6.07, 6.45) is 0. The molecule has 0 unspecified atom stereocenters. The number of rotatable bonds is 7. The van der Waals surface area contributed by atoms with E-state index in [2.05, 4.69) is 10.0 Å². The van der Waals surface area contributed by atoms with E-state index in [4.69, 9.17) is 4.74 Å². The lowest BCUT2D eigenvalue weighted by Gasteiger charge is -2.13. The lowest BCUT2D eigenvalue weighted by atomic mass is 10.2. The number of anilines is 2. The van der Waals surface area contributed by atoms with Crippen LogP contribution in [-0.4, -0.2) is 20.9 Å². The van der Waals surface area contributed by atoms with Crippen LogP contribution in [-0.2, 0) is 14.8 Å². The molecule has 0 aliphatic heterocycles. The number of para-hydroxylation sites is 2. The van der Waals surface area contributed by atoms with Gasteiger partial charge >= 0.3 is 0 Å². The highest BCUT2D eigenvalue weighted by Crippen LogP contribution is 2.26. The van der Waals surface area contributed by atoms with Crippen LogP contribution in [0.1, 0.15) is 5.56 Å². The zero-order valence-electron chi connectivity index (χ0n) is 14.5. The first kappa shape index (κ1) is 18.9. The van der Waals surface area contributed by atoms with E-state index in [0.717, 1.165) is 16.9 Å². The molecule has 0 aliphatic rings. The summed E-state index contributed by atoms with van der Waals surface area (Å²) >= 11 is 1.12. The molecule has 1 amide bonds. The van der Waals surface area contributed by atoms with E-state index in [0.29, 0.717) is 11.4 Å². The first-order valence-corrected chi connectivity index (χ1v) is 10.4. The molecule has 1 aromatic heterocycles. The highest BCUT2D eigenvalue weighted by Gasteiger charge is 2.17. The van der Waals surface area contributed by atoms with E-state index >= 15 is 0 Å². The molecule has 27 heavy (non-hydrogen) atoms. The average Bonchev–Trinajstić information content (AvgIpc) is 3.17. The maximum absolute atomic E-state index is 12.4. The molecule has 140 valence electrons. The summed E-state index contributed by atoms with van der Waals surface area (Å²) in [5.41, 5.74) is 1.67. The van der Waals surface area contributed by atoms with Crippen molar-refractivity contribution in [2.45, 2.75) is 11.1 Å². The summed E-state index contributed by atoms with van der Waals surface area (Å²) in [4.78, 5) is 12.2. The van der Waals surface area contributed by atoms with Crippen LogP contribution >= 0.6 is 11.3 Å². The zero-order valence-corrected chi connectivity index (χ0v) is 16.1. The van der Waals surface area contributed by atoms with Crippen molar-refractivity contribution in [3.05, 3.63) is 71.6 Å². The Balaban J connectivity index is 1.68. The molecule has 0 radical (unpaired) electrons. The Bertz CT molecular complexity index is 1030. The third kappa shape index (κ3) is 5.08. The predicted octanol–water partition coefficient (Wildman–Crippen LogP) is 3.87. The van der Waals surface area contributed by atoms with Gasteiger partial charge in [-0.25, -0.2) is 8.42 Å². The van der Waals surface area contributed by atoms with Gasteiger partial charge in [0.25, 0.3) is 15.9 Å². The van der Waals surface area contributed by atoms with Gasteiger partial charge in [0.05, 0.1) is 11.4 Å². The minimum absolute atomic E-state index is 0.185. The summed E-state index contributed by atoms with van der Waals surface area (Å²) in [5, 5.41) is 4.36. The van der Waals surface area contributed by atoms with E-state index in [9.17, 15) is 13.2 Å². The second-order valence-electron chi connectivity index (χ2n) is 5.74. The number of nitrogens with one attached hydrogen (secondary N) is 2. The van der Waals surface area contributed by atoms with Gasteiger partial charge < -0.3 is 10.1 Å². The molecule has 0 saturated carbocycles. The molecule has 0 fully saturated rings. The summed E-state index contributed by atoms with van der Waals surface area (Å²) in [5.74, 6) is 0.205. The molecule has 0 aliphatic carbocycles. The molecule has 0 atom stereocenters. The van der Waals surface area contributed by atoms with E-state index < -0.39 is 10.0 Å². The Labute approximate surface area is 161 Å². The minimum atomic E-state index is -3.70. The largest absolute Gasteiger partial charge is 0.484 e. The predicted molar refractivity (Wildman–Crippen MR) is 107 cm³/mol. The van der Waals surface area contributed by atoms with Gasteiger partial charge in [0.15, 0.2) is 6.61 Å². The number of hydrogen-bond acceptors (Lipinski definition) is 5. The van der Waals surface area contributed by atoms with Gasteiger partial charge in [-0.1, -0.05) is 30.3 Å². The van der Waals surface area contributed by atoms with Crippen LogP contribution in [0.4, 0.5) is 11.4 Å². The number of hydrogen-bond donors (Lipinski definition) is 2. The Morgan fingerprint density at radius 3 is 2.52 bits per heavy atom. The van der Waals surface area contributed by atoms with Crippen molar-refractivity contribution in [1.82, 2.24) is 0 Å². The quantitative estimate of drug-likeness (QED) is 0.628. The zero-order chi connectivity index (χ0) is 19.3. The van der Waals surface area contributed by atoms with E-state index in [1.54, 1.807) is 41.8 Å². The average molecular weight is 402 g/mol. The fraction of sp³-hybridized carbons (Fsp3) is 0.105. The minimum Gasteiger partial charge on any atom is -0.484 e. The summed E-state index contributed by atoms with van der Waals surface area (Å²) in [7, 11) is -3.70. The molecule has 0 spiro atoms. The second-order valence-corrected chi connectivity index (χ2v) is 8.59. The molecule has 0 saturated heterocycles. The van der Waals surface area contributed by atoms with Gasteiger partial charge in [-0.15, -0.1) is 11.3 Å². The maximum atomic E-state index is 12.4. The molecule has 2 N–H and O–H groups in total. The van der Waals surface area contributed by atoms with Crippen molar-refractivity contribution in [2.24, 2.45) is 0 Å². The lowest BCUT2D eigenvalue weighted by molar-refractivity contribution is -0.118. The fourth-order valence-corrected chi connectivity index (χ4v) is 4.41. The molecule has 3 aromatic rings. The first-order chi connectivity index (χ1) is 12.9. The van der Waals surface area contributed by atoms with Crippen LogP contribution in [0.15, 0.2) is 70.3 Å². The van der Waals surface area contributed by atoms with Gasteiger partial charge in [0, 0.05) is 0 Å². The molecular weight excluding hydrogens is 384 g/mol. The van der Waals surface area contributed by atoms with Crippen LogP contribution in [0, 0.1) is 6.92 Å². The Hall–Kier alpha value is -2.84. The van der Waals surface area contributed by atoms with E-state index in [1.807, 2.05) is 25.1 Å². The van der Waals surface area contributed by atoms with Crippen LogP contribution in [0.2, 0.25) is 0 Å². The van der Waals surface area contributed by atoms with Gasteiger partial charge in [0.2, 0.25) is 0 Å². The Morgan fingerprint density at radius 1 is 1.04 bits per heavy atom. The number of amides is 1. The van der Waals surface area contributed by atoms with Crippen molar-refractivity contribution in [1.29, 1.82) is 0 Å². The highest BCUT2D eigenvalue weighted by molar-refractivity contribution is 7.94. The summed E-state index contributed by atoms with van der Waals surface area (Å²) < 4.78 is 33.0. The maximum Gasteiger partial charge on any atom is 0.271 e. The monoisotopic (exact) mass is 402 g/mol. The highest BCUT2D eigenvalue weighted by atomic mass is 32.2. The fourth-order valence-electron chi connectivity index (χ4n) is 2.33. The number of thiophene rings is 1. The lowest BCUT2D eigenvalue weighted by Crippen LogP contribution is -2.21. The number of sulfonamides is 1. The third-order valence-electron chi connectivity index (χ3n) is 3.56. The van der Waals surface area contributed by atoms with E-state index in [-0.39, 0.29) is 22.4 Å². The Kier molecular flexibility index (Phi) is 5.78. The molecular formula is C19H18N2O4S2. The molecule has 8 heteroatoms. The van der Waals surface area contributed by atoms with Crippen molar-refractivity contribution in [3.63, 3.8) is 0 Å². The number of ether oxygens (including phenoxy) is 1. The summed E-state index contributed by atoms with van der Waals surface area (Å²) in [6, 6.07) is 17.2. The van der Waals surface area contributed by atoms with Crippen molar-refractivity contribution < 1.29 is 17.9 Å². The van der Waals surface area contributed by atoms with Crippen LogP contribution in [0.5, 0.6) is 5.75 Å². The van der Waals surface area contributed by atoms with Crippen molar-refractivity contribution >= 4 is 38.6 Å². The first-order valence-electron chi connectivity index (χ1n) is 8.09.